The van der Waals surface area contributed by atoms with Crippen LogP contribution >= 0.6 is 0 Å². The minimum absolute atomic E-state index is 0.283. The van der Waals surface area contributed by atoms with Gasteiger partial charge in [0.2, 0.25) is 5.78 Å². The van der Waals surface area contributed by atoms with Crippen LogP contribution in [-0.4, -0.2) is 26.8 Å². The number of hydrogen-bond acceptors (Lipinski definition) is 3. The third-order valence-corrected chi connectivity index (χ3v) is 1.65. The third kappa shape index (κ3) is 1.53. The van der Waals surface area contributed by atoms with E-state index in [1.54, 1.807) is 16.9 Å². The second kappa shape index (κ2) is 3.49. The number of aromatic nitrogens is 2. The number of aliphatic hydroxyl groups is 1. The normalized spacial score (nSPS) is 12.9. The second-order valence-electron chi connectivity index (χ2n) is 2.57. The maximum atomic E-state index is 11.3. The highest BCUT2D eigenvalue weighted by molar-refractivity contribution is 5.97. The van der Waals surface area contributed by atoms with Gasteiger partial charge in [0.15, 0.2) is 0 Å². The fourth-order valence-electron chi connectivity index (χ4n) is 1.01. The van der Waals surface area contributed by atoms with E-state index in [1.165, 1.54) is 6.92 Å². The summed E-state index contributed by atoms with van der Waals surface area (Å²) in [6, 6.07) is 1.61. The topological polar surface area (TPSA) is 55.1 Å². The summed E-state index contributed by atoms with van der Waals surface area (Å²) >= 11 is 0. The Morgan fingerprint density at radius 3 is 3.00 bits per heavy atom. The van der Waals surface area contributed by atoms with Crippen LogP contribution in [0.2, 0.25) is 0 Å². The van der Waals surface area contributed by atoms with Crippen LogP contribution in [0.5, 0.6) is 0 Å². The van der Waals surface area contributed by atoms with Crippen molar-refractivity contribution < 1.29 is 9.90 Å². The van der Waals surface area contributed by atoms with Crippen molar-refractivity contribution >= 4 is 5.78 Å². The number of carbonyl (C=O) groups excluding carboxylic acids is 1. The Labute approximate surface area is 70.8 Å². The largest absolute Gasteiger partial charge is 0.385 e. The number of aryl methyl sites for hydroxylation is 1. The smallest absolute Gasteiger partial charge is 0.208 e. The van der Waals surface area contributed by atoms with Crippen LogP contribution in [-0.2, 0) is 6.54 Å². The monoisotopic (exact) mass is 168 g/mol. The lowest BCUT2D eigenvalue weighted by Gasteiger charge is -2.04. The van der Waals surface area contributed by atoms with Gasteiger partial charge in [0.1, 0.15) is 11.8 Å². The summed E-state index contributed by atoms with van der Waals surface area (Å²) in [7, 11) is 0. The summed E-state index contributed by atoms with van der Waals surface area (Å²) in [4.78, 5) is 11.3. The molecule has 0 aliphatic rings. The van der Waals surface area contributed by atoms with Crippen molar-refractivity contribution in [3.8, 4) is 0 Å². The first-order valence-corrected chi connectivity index (χ1v) is 3.91. The molecule has 1 aromatic rings. The van der Waals surface area contributed by atoms with Gasteiger partial charge in [-0.3, -0.25) is 9.48 Å². The summed E-state index contributed by atoms with van der Waals surface area (Å²) in [6.45, 7) is 3.99. The zero-order chi connectivity index (χ0) is 9.14. The molecule has 4 nitrogen and oxygen atoms in total. The van der Waals surface area contributed by atoms with E-state index in [0.717, 1.165) is 0 Å². The molecule has 0 aliphatic heterocycles. The van der Waals surface area contributed by atoms with E-state index >= 15 is 0 Å². The molecular weight excluding hydrogens is 156 g/mol. The maximum absolute atomic E-state index is 11.3. The highest BCUT2D eigenvalue weighted by Crippen LogP contribution is 2.02. The highest BCUT2D eigenvalue weighted by Gasteiger charge is 2.15. The van der Waals surface area contributed by atoms with Crippen LogP contribution in [0.25, 0.3) is 0 Å². The fraction of sp³-hybridized carbons (Fsp3) is 0.500. The molecule has 1 unspecified atom stereocenters. The zero-order valence-electron chi connectivity index (χ0n) is 7.19. The zero-order valence-corrected chi connectivity index (χ0v) is 7.19. The summed E-state index contributed by atoms with van der Waals surface area (Å²) in [6.07, 6.45) is 0.603. The van der Waals surface area contributed by atoms with Gasteiger partial charge in [0, 0.05) is 12.7 Å². The van der Waals surface area contributed by atoms with Gasteiger partial charge in [-0.1, -0.05) is 0 Å². The number of hydrogen-bond donors (Lipinski definition) is 1. The van der Waals surface area contributed by atoms with Crippen molar-refractivity contribution in [1.82, 2.24) is 9.78 Å². The minimum atomic E-state index is -0.952. The Kier molecular flexibility index (Phi) is 2.60. The van der Waals surface area contributed by atoms with E-state index in [9.17, 15) is 4.79 Å². The summed E-state index contributed by atoms with van der Waals surface area (Å²) < 4.78 is 1.56. The molecule has 0 saturated carbocycles. The van der Waals surface area contributed by atoms with Gasteiger partial charge in [0.25, 0.3) is 0 Å². The molecule has 0 radical (unpaired) electrons. The van der Waals surface area contributed by atoms with Crippen LogP contribution in [0, 0.1) is 0 Å². The van der Waals surface area contributed by atoms with E-state index in [1.807, 2.05) is 6.92 Å². The molecule has 1 aromatic heterocycles. The summed E-state index contributed by atoms with van der Waals surface area (Å²) in [5.74, 6) is -0.283. The number of nitrogens with zero attached hydrogens (tertiary/aromatic N) is 2. The first-order valence-electron chi connectivity index (χ1n) is 3.91. The lowest BCUT2D eigenvalue weighted by atomic mass is 10.2. The average Bonchev–Trinajstić information content (AvgIpc) is 2.49. The van der Waals surface area contributed by atoms with Gasteiger partial charge in [-0.2, -0.15) is 5.10 Å². The Morgan fingerprint density at radius 1 is 1.83 bits per heavy atom. The molecule has 1 rings (SSSR count). The van der Waals surface area contributed by atoms with E-state index < -0.39 is 6.10 Å². The molecule has 12 heavy (non-hydrogen) atoms. The van der Waals surface area contributed by atoms with Crippen molar-refractivity contribution in [3.05, 3.63) is 18.0 Å². The summed E-state index contributed by atoms with van der Waals surface area (Å²) in [5.41, 5.74) is 0.465. The Hall–Kier alpha value is -1.16. The van der Waals surface area contributed by atoms with Crippen molar-refractivity contribution in [2.45, 2.75) is 26.5 Å². The number of carbonyl (C=O) groups is 1. The maximum Gasteiger partial charge on any atom is 0.208 e. The van der Waals surface area contributed by atoms with Gasteiger partial charge in [-0.05, 0) is 19.9 Å². The SMILES string of the molecule is CCn1nccc1C(=O)C(C)O. The number of aliphatic hydroxyl groups excluding tert-OH is 1. The van der Waals surface area contributed by atoms with Crippen molar-refractivity contribution in [2.75, 3.05) is 0 Å². The number of rotatable bonds is 3. The van der Waals surface area contributed by atoms with Gasteiger partial charge in [-0.15, -0.1) is 0 Å². The third-order valence-electron chi connectivity index (χ3n) is 1.65. The second-order valence-corrected chi connectivity index (χ2v) is 2.57. The Bertz CT molecular complexity index is 278. The molecule has 0 bridgehead atoms. The first kappa shape index (κ1) is 8.93. The first-order chi connectivity index (χ1) is 5.66. The van der Waals surface area contributed by atoms with E-state index in [-0.39, 0.29) is 5.78 Å². The minimum Gasteiger partial charge on any atom is -0.385 e. The lowest BCUT2D eigenvalue weighted by Crippen LogP contribution is -2.20. The van der Waals surface area contributed by atoms with Crippen molar-refractivity contribution in [1.29, 1.82) is 0 Å². The molecular formula is C8H12N2O2. The van der Waals surface area contributed by atoms with Crippen LogP contribution in [0.15, 0.2) is 12.3 Å². The lowest BCUT2D eigenvalue weighted by molar-refractivity contribution is 0.0768. The molecule has 0 amide bonds. The number of Topliss-reactive ketones (excluding diaryl/α,β-unsaturated/α-hetero) is 1. The quantitative estimate of drug-likeness (QED) is 0.667. The molecule has 1 N–H and O–H groups in total. The standard InChI is InChI=1S/C8H12N2O2/c1-3-10-7(4-5-9-10)8(12)6(2)11/h4-6,11H,3H2,1-2H3. The van der Waals surface area contributed by atoms with Crippen LogP contribution in [0.3, 0.4) is 0 Å². The predicted octanol–water partition coefficient (Wildman–Crippen LogP) is 0.466. The molecule has 0 spiro atoms. The number of ketones is 1. The molecule has 1 heterocycles. The molecule has 0 fully saturated rings. The molecule has 4 heteroatoms. The van der Waals surface area contributed by atoms with Gasteiger partial charge in [-0.25, -0.2) is 0 Å². The molecule has 1 atom stereocenters. The van der Waals surface area contributed by atoms with E-state index in [4.69, 9.17) is 5.11 Å². The predicted molar refractivity (Wildman–Crippen MR) is 43.9 cm³/mol. The average molecular weight is 168 g/mol. The molecule has 0 aromatic carbocycles. The van der Waals surface area contributed by atoms with Gasteiger partial charge < -0.3 is 5.11 Å². The highest BCUT2D eigenvalue weighted by atomic mass is 16.3. The van der Waals surface area contributed by atoms with Gasteiger partial charge in [0.05, 0.1) is 0 Å². The fourth-order valence-corrected chi connectivity index (χ4v) is 1.01. The molecule has 66 valence electrons. The Morgan fingerprint density at radius 2 is 2.50 bits per heavy atom. The van der Waals surface area contributed by atoms with Crippen LogP contribution < -0.4 is 0 Å². The van der Waals surface area contributed by atoms with Crippen molar-refractivity contribution in [3.63, 3.8) is 0 Å². The molecule has 0 aliphatic carbocycles. The Balaban J connectivity index is 2.94. The molecule has 0 saturated heterocycles. The van der Waals surface area contributed by atoms with Gasteiger partial charge >= 0.3 is 0 Å². The van der Waals surface area contributed by atoms with E-state index in [0.29, 0.717) is 12.2 Å². The summed E-state index contributed by atoms with van der Waals surface area (Å²) in [5, 5.41) is 12.9. The van der Waals surface area contributed by atoms with Crippen LogP contribution in [0.1, 0.15) is 24.3 Å². The van der Waals surface area contributed by atoms with E-state index in [2.05, 4.69) is 5.10 Å². The van der Waals surface area contributed by atoms with Crippen molar-refractivity contribution in [2.24, 2.45) is 0 Å². The van der Waals surface area contributed by atoms with Crippen LogP contribution in [0.4, 0.5) is 0 Å².